The van der Waals surface area contributed by atoms with Gasteiger partial charge >= 0.3 is 0 Å². The molecular weight excluding hydrogens is 284 g/mol. The molecule has 0 aliphatic heterocycles. The van der Waals surface area contributed by atoms with Crippen molar-refractivity contribution in [1.29, 1.82) is 5.26 Å². The van der Waals surface area contributed by atoms with Crippen molar-refractivity contribution < 1.29 is 9.53 Å². The highest BCUT2D eigenvalue weighted by molar-refractivity contribution is 8.00. The zero-order valence-electron chi connectivity index (χ0n) is 10.6. The Morgan fingerprint density at radius 3 is 3.00 bits per heavy atom. The van der Waals surface area contributed by atoms with Gasteiger partial charge in [-0.15, -0.1) is 11.8 Å². The second kappa shape index (κ2) is 8.81. The summed E-state index contributed by atoms with van der Waals surface area (Å²) in [7, 11) is 1.63. The molecule has 19 heavy (non-hydrogen) atoms. The first kappa shape index (κ1) is 15.8. The quantitative estimate of drug-likeness (QED) is 0.620. The van der Waals surface area contributed by atoms with E-state index in [0.717, 1.165) is 11.3 Å². The molecule has 0 aliphatic carbocycles. The van der Waals surface area contributed by atoms with Crippen LogP contribution >= 0.6 is 23.4 Å². The molecule has 0 saturated heterocycles. The monoisotopic (exact) mass is 298 g/mol. The van der Waals surface area contributed by atoms with Crippen LogP contribution in [0, 0.1) is 11.3 Å². The van der Waals surface area contributed by atoms with Crippen LogP contribution in [0.3, 0.4) is 0 Å². The average Bonchev–Trinajstić information content (AvgIpc) is 2.42. The van der Waals surface area contributed by atoms with Gasteiger partial charge in [-0.05, 0) is 24.6 Å². The van der Waals surface area contributed by atoms with E-state index in [1.165, 1.54) is 11.8 Å². The Labute approximate surface area is 122 Å². The van der Waals surface area contributed by atoms with Gasteiger partial charge in [0.15, 0.2) is 0 Å². The van der Waals surface area contributed by atoms with Crippen molar-refractivity contribution in [2.45, 2.75) is 11.3 Å². The Balaban J connectivity index is 2.36. The number of carbonyl (C=O) groups excluding carboxylic acids is 1. The maximum absolute atomic E-state index is 11.5. The summed E-state index contributed by atoms with van der Waals surface area (Å²) in [6.45, 7) is 1.24. The van der Waals surface area contributed by atoms with Crippen molar-refractivity contribution >= 4 is 29.3 Å². The summed E-state index contributed by atoms with van der Waals surface area (Å²) in [5.41, 5.74) is 0.512. The maximum atomic E-state index is 11.5. The van der Waals surface area contributed by atoms with Gasteiger partial charge in [0.25, 0.3) is 0 Å². The summed E-state index contributed by atoms with van der Waals surface area (Å²) in [6.07, 6.45) is 0.796. The molecule has 0 heterocycles. The van der Waals surface area contributed by atoms with Gasteiger partial charge in [0.1, 0.15) is 0 Å². The first-order valence-corrected chi connectivity index (χ1v) is 7.12. The SMILES string of the molecule is COCCCNC(=O)CSc1ccc(C#N)cc1Cl. The highest BCUT2D eigenvalue weighted by Gasteiger charge is 2.06. The summed E-state index contributed by atoms with van der Waals surface area (Å²) in [5.74, 6) is 0.264. The van der Waals surface area contributed by atoms with Gasteiger partial charge in [0, 0.05) is 25.2 Å². The summed E-state index contributed by atoms with van der Waals surface area (Å²) in [4.78, 5) is 12.3. The van der Waals surface area contributed by atoms with Crippen molar-refractivity contribution in [2.24, 2.45) is 0 Å². The van der Waals surface area contributed by atoms with E-state index in [2.05, 4.69) is 5.32 Å². The fourth-order valence-corrected chi connectivity index (χ4v) is 2.42. The molecule has 0 saturated carbocycles. The number of rotatable bonds is 7. The normalized spacial score (nSPS) is 9.95. The second-order valence-corrected chi connectivity index (χ2v) is 5.17. The minimum atomic E-state index is -0.0403. The minimum Gasteiger partial charge on any atom is -0.385 e. The van der Waals surface area contributed by atoms with Crippen LogP contribution in [0.1, 0.15) is 12.0 Å². The molecule has 1 amide bonds. The van der Waals surface area contributed by atoms with Crippen molar-refractivity contribution in [1.82, 2.24) is 5.32 Å². The van der Waals surface area contributed by atoms with Crippen LogP contribution < -0.4 is 5.32 Å². The standard InChI is InChI=1S/C13H15ClN2O2S/c1-18-6-2-5-16-13(17)9-19-12-4-3-10(8-15)7-11(12)14/h3-4,7H,2,5-6,9H2,1H3,(H,16,17). The summed E-state index contributed by atoms with van der Waals surface area (Å²) in [6, 6.07) is 7.05. The number of thioether (sulfide) groups is 1. The first-order chi connectivity index (χ1) is 9.17. The van der Waals surface area contributed by atoms with Crippen molar-refractivity contribution in [2.75, 3.05) is 26.0 Å². The third-order valence-electron chi connectivity index (χ3n) is 2.27. The van der Waals surface area contributed by atoms with Gasteiger partial charge in [-0.25, -0.2) is 0 Å². The van der Waals surface area contributed by atoms with Crippen LogP contribution in [0.5, 0.6) is 0 Å². The number of halogens is 1. The molecule has 0 bridgehead atoms. The third kappa shape index (κ3) is 5.97. The van der Waals surface area contributed by atoms with Gasteiger partial charge in [-0.1, -0.05) is 11.6 Å². The Morgan fingerprint density at radius 2 is 2.37 bits per heavy atom. The molecule has 1 aromatic carbocycles. The summed E-state index contributed by atoms with van der Waals surface area (Å²) < 4.78 is 4.89. The molecular formula is C13H15ClN2O2S. The molecule has 0 atom stereocenters. The molecule has 0 aliphatic rings. The number of ether oxygens (including phenoxy) is 1. The number of nitriles is 1. The van der Waals surface area contributed by atoms with E-state index in [1.54, 1.807) is 25.3 Å². The molecule has 6 heteroatoms. The Kier molecular flexibility index (Phi) is 7.34. The second-order valence-electron chi connectivity index (χ2n) is 3.74. The molecule has 0 unspecified atom stereocenters. The zero-order chi connectivity index (χ0) is 14.1. The molecule has 1 rings (SSSR count). The number of benzene rings is 1. The topological polar surface area (TPSA) is 62.1 Å². The lowest BCUT2D eigenvalue weighted by Crippen LogP contribution is -2.26. The summed E-state index contributed by atoms with van der Waals surface area (Å²) in [5, 5.41) is 12.0. The fraction of sp³-hybridized carbons (Fsp3) is 0.385. The van der Waals surface area contributed by atoms with E-state index in [9.17, 15) is 4.79 Å². The zero-order valence-corrected chi connectivity index (χ0v) is 12.2. The number of hydrogen-bond donors (Lipinski definition) is 1. The van der Waals surface area contributed by atoms with E-state index in [0.29, 0.717) is 29.5 Å². The van der Waals surface area contributed by atoms with Crippen LogP contribution in [0.4, 0.5) is 0 Å². The van der Waals surface area contributed by atoms with Crippen LogP contribution in [0.25, 0.3) is 0 Å². The number of carbonyl (C=O) groups is 1. The van der Waals surface area contributed by atoms with E-state index in [-0.39, 0.29) is 5.91 Å². The van der Waals surface area contributed by atoms with Crippen molar-refractivity contribution in [3.63, 3.8) is 0 Å². The lowest BCUT2D eigenvalue weighted by molar-refractivity contribution is -0.118. The number of hydrogen-bond acceptors (Lipinski definition) is 4. The van der Waals surface area contributed by atoms with Crippen LogP contribution in [-0.4, -0.2) is 31.9 Å². The minimum absolute atomic E-state index is 0.0403. The van der Waals surface area contributed by atoms with E-state index in [1.807, 2.05) is 6.07 Å². The number of nitrogens with zero attached hydrogens (tertiary/aromatic N) is 1. The van der Waals surface area contributed by atoms with Crippen LogP contribution in [-0.2, 0) is 9.53 Å². The van der Waals surface area contributed by atoms with Gasteiger partial charge < -0.3 is 10.1 Å². The number of methoxy groups -OCH3 is 1. The Hall–Kier alpha value is -1.22. The van der Waals surface area contributed by atoms with Gasteiger partial charge in [0.05, 0.1) is 22.4 Å². The molecule has 1 N–H and O–H groups in total. The summed E-state index contributed by atoms with van der Waals surface area (Å²) >= 11 is 7.37. The Morgan fingerprint density at radius 1 is 1.58 bits per heavy atom. The number of amides is 1. The Bertz CT molecular complexity index is 474. The molecule has 102 valence electrons. The predicted molar refractivity (Wildman–Crippen MR) is 76.4 cm³/mol. The largest absolute Gasteiger partial charge is 0.385 e. The smallest absolute Gasteiger partial charge is 0.230 e. The average molecular weight is 299 g/mol. The van der Waals surface area contributed by atoms with Gasteiger partial charge in [-0.3, -0.25) is 4.79 Å². The fourth-order valence-electron chi connectivity index (χ4n) is 1.33. The third-order valence-corrected chi connectivity index (χ3v) is 3.77. The van der Waals surface area contributed by atoms with Crippen LogP contribution in [0.15, 0.2) is 23.1 Å². The lowest BCUT2D eigenvalue weighted by atomic mass is 10.2. The van der Waals surface area contributed by atoms with Crippen LogP contribution in [0.2, 0.25) is 5.02 Å². The van der Waals surface area contributed by atoms with E-state index < -0.39 is 0 Å². The molecule has 0 aromatic heterocycles. The first-order valence-electron chi connectivity index (χ1n) is 5.75. The molecule has 0 fully saturated rings. The highest BCUT2D eigenvalue weighted by atomic mass is 35.5. The van der Waals surface area contributed by atoms with E-state index in [4.69, 9.17) is 21.6 Å². The van der Waals surface area contributed by atoms with Crippen molar-refractivity contribution in [3.8, 4) is 6.07 Å². The molecule has 0 spiro atoms. The van der Waals surface area contributed by atoms with E-state index >= 15 is 0 Å². The molecule has 0 radical (unpaired) electrons. The maximum Gasteiger partial charge on any atom is 0.230 e. The van der Waals surface area contributed by atoms with Gasteiger partial charge in [-0.2, -0.15) is 5.26 Å². The lowest BCUT2D eigenvalue weighted by Gasteiger charge is -2.06. The predicted octanol–water partition coefficient (Wildman–Crippen LogP) is 2.46. The van der Waals surface area contributed by atoms with Gasteiger partial charge in [0.2, 0.25) is 5.91 Å². The molecule has 1 aromatic rings. The molecule has 4 nitrogen and oxygen atoms in total. The highest BCUT2D eigenvalue weighted by Crippen LogP contribution is 2.27. The number of nitrogens with one attached hydrogen (secondary N) is 1. The van der Waals surface area contributed by atoms with Crippen molar-refractivity contribution in [3.05, 3.63) is 28.8 Å².